The summed E-state index contributed by atoms with van der Waals surface area (Å²) in [6.45, 7) is 4.46. The van der Waals surface area contributed by atoms with Gasteiger partial charge in [-0.25, -0.2) is 0 Å². The number of aryl methyl sites for hydroxylation is 2. The predicted octanol–water partition coefficient (Wildman–Crippen LogP) is 7.37. The third kappa shape index (κ3) is 3.27. The Morgan fingerprint density at radius 3 is 1.42 bits per heavy atom. The summed E-state index contributed by atoms with van der Waals surface area (Å²) in [5, 5.41) is 0. The Labute approximate surface area is 208 Å². The normalized spacial score (nSPS) is 13.5. The Bertz CT molecular complexity index is 1310. The third-order valence-electron chi connectivity index (χ3n) is 7.54. The van der Waals surface area contributed by atoms with E-state index in [2.05, 4.69) is 86.6 Å². The van der Waals surface area contributed by atoms with Gasteiger partial charge in [0.2, 0.25) is 0 Å². The van der Waals surface area contributed by atoms with Crippen LogP contribution in [-0.2, 0) is 43.6 Å². The molecule has 0 radical (unpaired) electrons. The molecule has 0 aliphatic heterocycles. The van der Waals surface area contributed by atoms with Gasteiger partial charge in [-0.2, -0.15) is 0 Å². The van der Waals surface area contributed by atoms with E-state index in [9.17, 15) is 0 Å². The predicted molar refractivity (Wildman–Crippen MR) is 139 cm³/mol. The molecule has 4 aromatic carbocycles. The van der Waals surface area contributed by atoms with Crippen LogP contribution in [0.25, 0.3) is 22.3 Å². The topological polar surface area (TPSA) is 0 Å². The summed E-state index contributed by atoms with van der Waals surface area (Å²) in [6.07, 6.45) is 3.77. The molecule has 164 valence electrons. The molecule has 0 amide bonds. The minimum absolute atomic E-state index is 0.934. The number of hydrogen-bond acceptors (Lipinski definition) is 0. The molecular formula is C30H26Cl2Zr. The van der Waals surface area contributed by atoms with Gasteiger partial charge >= 0.3 is 209 Å². The molecule has 3 heteroatoms. The van der Waals surface area contributed by atoms with Crippen LogP contribution in [-0.4, -0.2) is 0 Å². The summed E-state index contributed by atoms with van der Waals surface area (Å²) in [6, 6.07) is 26.7. The first kappa shape index (κ1) is 21.8. The van der Waals surface area contributed by atoms with Crippen LogP contribution < -0.4 is 6.54 Å². The van der Waals surface area contributed by atoms with Crippen molar-refractivity contribution in [1.82, 2.24) is 0 Å². The maximum atomic E-state index is 7.78. The average Bonchev–Trinajstić information content (AvgIpc) is 3.40. The van der Waals surface area contributed by atoms with E-state index in [4.69, 9.17) is 17.0 Å². The van der Waals surface area contributed by atoms with Crippen molar-refractivity contribution in [2.24, 2.45) is 0 Å². The fraction of sp³-hybridized carbons (Fsp3) is 0.200. The summed E-state index contributed by atoms with van der Waals surface area (Å²) in [4.78, 5) is 0. The SMILES string of the molecule is CCc1ccc2c([c]1[Zr]([Cl])([Cl])[c]1c(CC)ccc3c1Cc1ccccc1-3)Cc1ccccc1-2. The number of benzene rings is 4. The van der Waals surface area contributed by atoms with Crippen LogP contribution in [0.3, 0.4) is 0 Å². The summed E-state index contributed by atoms with van der Waals surface area (Å²) < 4.78 is 2.62. The zero-order valence-electron chi connectivity index (χ0n) is 19.0. The second-order valence-corrected chi connectivity index (χ2v) is 22.3. The Morgan fingerprint density at radius 2 is 1.00 bits per heavy atom. The van der Waals surface area contributed by atoms with Crippen molar-refractivity contribution < 1.29 is 17.9 Å². The van der Waals surface area contributed by atoms with Gasteiger partial charge in [0.15, 0.2) is 0 Å². The van der Waals surface area contributed by atoms with Gasteiger partial charge in [0.25, 0.3) is 0 Å². The van der Waals surface area contributed by atoms with Crippen LogP contribution in [0.1, 0.15) is 47.2 Å². The van der Waals surface area contributed by atoms with E-state index in [1.54, 1.807) is 0 Å². The molecule has 0 N–H and O–H groups in total. The molecule has 2 aliphatic carbocycles. The van der Waals surface area contributed by atoms with E-state index in [1.807, 2.05) is 0 Å². The van der Waals surface area contributed by atoms with Crippen molar-refractivity contribution in [2.45, 2.75) is 39.5 Å². The monoisotopic (exact) mass is 546 g/mol. The summed E-state index contributed by atoms with van der Waals surface area (Å²) in [7, 11) is 15.6. The fourth-order valence-corrected chi connectivity index (χ4v) is 18.4. The van der Waals surface area contributed by atoms with Gasteiger partial charge in [-0.05, 0) is 0 Å². The molecule has 6 rings (SSSR count). The second kappa shape index (κ2) is 8.23. The Morgan fingerprint density at radius 1 is 0.576 bits per heavy atom. The number of hydrogen-bond donors (Lipinski definition) is 0. The summed E-state index contributed by atoms with van der Waals surface area (Å²) in [5.41, 5.74) is 13.5. The zero-order valence-corrected chi connectivity index (χ0v) is 23.0. The molecule has 0 heterocycles. The minimum atomic E-state index is -4.02. The van der Waals surface area contributed by atoms with E-state index in [1.165, 1.54) is 62.2 Å². The van der Waals surface area contributed by atoms with Crippen LogP contribution in [0.4, 0.5) is 0 Å². The molecule has 4 aromatic rings. The van der Waals surface area contributed by atoms with Crippen LogP contribution in [0.5, 0.6) is 0 Å². The van der Waals surface area contributed by atoms with E-state index < -0.39 is 17.9 Å². The molecule has 0 saturated carbocycles. The second-order valence-electron chi connectivity index (χ2n) is 9.20. The molecule has 0 nitrogen and oxygen atoms in total. The van der Waals surface area contributed by atoms with Crippen LogP contribution in [0.15, 0.2) is 72.8 Å². The quantitative estimate of drug-likeness (QED) is 0.216. The first-order valence-electron chi connectivity index (χ1n) is 11.9. The molecule has 33 heavy (non-hydrogen) atoms. The summed E-state index contributed by atoms with van der Waals surface area (Å²) >= 11 is -4.02. The van der Waals surface area contributed by atoms with Crippen molar-refractivity contribution in [3.63, 3.8) is 0 Å². The molecule has 0 spiro atoms. The maximum absolute atomic E-state index is 7.78. The van der Waals surface area contributed by atoms with Crippen molar-refractivity contribution >= 4 is 23.6 Å². The molecule has 2 aliphatic rings. The number of rotatable bonds is 4. The molecular weight excluding hydrogens is 522 g/mol. The third-order valence-corrected chi connectivity index (χ3v) is 18.2. The van der Waals surface area contributed by atoms with Gasteiger partial charge in [-0.15, -0.1) is 0 Å². The Kier molecular flexibility index (Phi) is 5.45. The standard InChI is InChI=1S/2C15H13.2ClH.Zr/c2*1-2-11-7-8-15-13(9-11)10-12-5-3-4-6-14(12)15;;;/h2*3-8H,2,10H2,1H3;2*1H;/q;;;;+2/p-2. The first-order valence-corrected chi connectivity index (χ1v) is 20.7. The molecule has 0 unspecified atom stereocenters. The van der Waals surface area contributed by atoms with Gasteiger partial charge in [0.1, 0.15) is 0 Å². The van der Waals surface area contributed by atoms with Gasteiger partial charge in [-0.3, -0.25) is 0 Å². The van der Waals surface area contributed by atoms with E-state index in [-0.39, 0.29) is 0 Å². The van der Waals surface area contributed by atoms with E-state index >= 15 is 0 Å². The van der Waals surface area contributed by atoms with Crippen LogP contribution in [0.2, 0.25) is 0 Å². The molecule has 0 aromatic heterocycles. The molecule has 0 saturated heterocycles. The fourth-order valence-electron chi connectivity index (χ4n) is 6.02. The molecule has 0 atom stereocenters. The van der Waals surface area contributed by atoms with Crippen molar-refractivity contribution in [3.8, 4) is 22.3 Å². The van der Waals surface area contributed by atoms with E-state index in [0.29, 0.717) is 0 Å². The number of fused-ring (bicyclic) bond motifs is 6. The van der Waals surface area contributed by atoms with Crippen molar-refractivity contribution in [2.75, 3.05) is 0 Å². The van der Waals surface area contributed by atoms with Crippen LogP contribution >= 0.6 is 17.0 Å². The van der Waals surface area contributed by atoms with Gasteiger partial charge in [0, 0.05) is 0 Å². The summed E-state index contributed by atoms with van der Waals surface area (Å²) in [5.74, 6) is 0. The van der Waals surface area contributed by atoms with E-state index in [0.717, 1.165) is 25.7 Å². The molecule has 0 fully saturated rings. The molecule has 0 bridgehead atoms. The first-order chi connectivity index (χ1) is 16.0. The Balaban J connectivity index is 1.62. The Hall–Kier alpha value is -1.66. The number of halogens is 2. The van der Waals surface area contributed by atoms with Gasteiger partial charge < -0.3 is 0 Å². The average molecular weight is 549 g/mol. The zero-order chi connectivity index (χ0) is 22.7. The van der Waals surface area contributed by atoms with Crippen LogP contribution in [0, 0.1) is 0 Å². The van der Waals surface area contributed by atoms with Crippen molar-refractivity contribution in [1.29, 1.82) is 0 Å². The van der Waals surface area contributed by atoms with Crippen molar-refractivity contribution in [3.05, 3.63) is 106 Å². The van der Waals surface area contributed by atoms with Gasteiger partial charge in [0.05, 0.1) is 0 Å². The van der Waals surface area contributed by atoms with Gasteiger partial charge in [-0.1, -0.05) is 0 Å².